The first-order chi connectivity index (χ1) is 8.39. The Bertz CT molecular complexity index is 305. The molecule has 0 aromatic heterocycles. The molecule has 0 heterocycles. The SMILES string of the molecule is Pc1ccccc1.[C-]=O.[Cl][Rh+2].[c-]1ccccc1. The fraction of sp³-hybridized carbons (Fsp3) is 0. The molecule has 0 aliphatic rings. The van der Waals surface area contributed by atoms with Crippen LogP contribution in [0.15, 0.2) is 60.7 Å². The Hall–Kier alpha value is -0.547. The molecular formula is C13H12ClOPRh. The molecule has 0 saturated heterocycles. The number of benzene rings is 2. The van der Waals surface area contributed by atoms with Crippen molar-refractivity contribution < 1.29 is 22.1 Å². The Balaban J connectivity index is 0. The van der Waals surface area contributed by atoms with Gasteiger partial charge in [0.2, 0.25) is 0 Å². The maximum atomic E-state index is 7.50. The average molecular weight is 354 g/mol. The molecule has 17 heavy (non-hydrogen) atoms. The van der Waals surface area contributed by atoms with Gasteiger partial charge in [0, 0.05) is 0 Å². The smallest absolute Gasteiger partial charge is 0.171 e. The van der Waals surface area contributed by atoms with Crippen molar-refractivity contribution in [3.05, 3.63) is 66.7 Å². The van der Waals surface area contributed by atoms with E-state index in [1.165, 1.54) is 5.30 Å². The number of hydrogen-bond acceptors (Lipinski definition) is 1. The van der Waals surface area contributed by atoms with Gasteiger partial charge in [0.05, 0.1) is 0 Å². The van der Waals surface area contributed by atoms with Crippen molar-refractivity contribution >= 4 is 31.0 Å². The number of carbonyl (C=O) groups excluding carboxylic acids is 1. The van der Waals surface area contributed by atoms with Crippen LogP contribution in [-0.4, -0.2) is 6.79 Å². The summed E-state index contributed by atoms with van der Waals surface area (Å²) in [6.07, 6.45) is 0. The van der Waals surface area contributed by atoms with Crippen LogP contribution in [0.3, 0.4) is 0 Å². The summed E-state index contributed by atoms with van der Waals surface area (Å²) in [6, 6.07) is 22.6. The number of halogens is 1. The third-order valence-electron chi connectivity index (χ3n) is 1.41. The normalized spacial score (nSPS) is 7.00. The van der Waals surface area contributed by atoms with Gasteiger partial charge in [0.25, 0.3) is 0 Å². The Kier molecular flexibility index (Phi) is 19.7. The maximum absolute atomic E-state index is 7.50. The summed E-state index contributed by atoms with van der Waals surface area (Å²) in [5.41, 5.74) is 0. The van der Waals surface area contributed by atoms with Gasteiger partial charge in [0.1, 0.15) is 0 Å². The van der Waals surface area contributed by atoms with Crippen LogP contribution in [0.5, 0.6) is 0 Å². The van der Waals surface area contributed by atoms with E-state index in [9.17, 15) is 0 Å². The van der Waals surface area contributed by atoms with E-state index < -0.39 is 0 Å². The predicted octanol–water partition coefficient (Wildman–Crippen LogP) is 2.96. The predicted molar refractivity (Wildman–Crippen MR) is 72.6 cm³/mol. The molecule has 2 aromatic rings. The standard InChI is InChI=1S/C6H7P.C6H5.CO.ClH.Rh/c7-6-4-2-1-3-5-6;1-2-4-6-5-3-1;1-2;;/h1-5H,7H2;1-5H;;1H;/q;2*-1;;+3/p-1. The van der Waals surface area contributed by atoms with Gasteiger partial charge >= 0.3 is 27.0 Å². The summed E-state index contributed by atoms with van der Waals surface area (Å²) in [5.74, 6) is 0. The van der Waals surface area contributed by atoms with Crippen molar-refractivity contribution in [2.45, 2.75) is 0 Å². The van der Waals surface area contributed by atoms with Crippen molar-refractivity contribution in [2.75, 3.05) is 0 Å². The number of rotatable bonds is 0. The molecule has 0 saturated carbocycles. The van der Waals surface area contributed by atoms with Crippen LogP contribution in [0.25, 0.3) is 0 Å². The van der Waals surface area contributed by atoms with Crippen molar-refractivity contribution in [1.82, 2.24) is 0 Å². The number of hydrogen-bond donors (Lipinski definition) is 0. The summed E-state index contributed by atoms with van der Waals surface area (Å²) in [6.45, 7) is 4.50. The minimum absolute atomic E-state index is 1.24. The molecule has 0 spiro atoms. The van der Waals surface area contributed by atoms with Gasteiger partial charge in [-0.2, -0.15) is 36.4 Å². The fourth-order valence-electron chi connectivity index (χ4n) is 0.795. The van der Waals surface area contributed by atoms with Crippen molar-refractivity contribution in [2.24, 2.45) is 0 Å². The molecule has 91 valence electrons. The molecule has 4 heteroatoms. The molecule has 1 radical (unpaired) electrons. The monoisotopic (exact) mass is 353 g/mol. The Morgan fingerprint density at radius 2 is 1.35 bits per heavy atom. The van der Waals surface area contributed by atoms with E-state index in [0.29, 0.717) is 0 Å². The average Bonchev–Trinajstić information content (AvgIpc) is 2.47. The first-order valence-corrected chi connectivity index (χ1v) is 7.13. The maximum Gasteiger partial charge on any atom is -0.171 e. The zero-order chi connectivity index (χ0) is 13.4. The summed E-state index contributed by atoms with van der Waals surface area (Å²) < 4.78 is 0. The topological polar surface area (TPSA) is 17.1 Å². The van der Waals surface area contributed by atoms with Crippen LogP contribution < -0.4 is 5.30 Å². The second kappa shape index (κ2) is 17.8. The first-order valence-electron chi connectivity index (χ1n) is 4.44. The largest absolute Gasteiger partial charge is 0.184 e. The van der Waals surface area contributed by atoms with Gasteiger partial charge in [-0.3, -0.25) is 0 Å². The summed E-state index contributed by atoms with van der Waals surface area (Å²) >= 11 is 2.02. The Morgan fingerprint density at radius 3 is 1.53 bits per heavy atom. The van der Waals surface area contributed by atoms with Crippen molar-refractivity contribution in [3.63, 3.8) is 0 Å². The fourth-order valence-corrected chi connectivity index (χ4v) is 1.02. The zero-order valence-electron chi connectivity index (χ0n) is 8.97. The van der Waals surface area contributed by atoms with Crippen LogP contribution in [0.1, 0.15) is 0 Å². The molecule has 1 atom stereocenters. The molecular weight excluding hydrogens is 341 g/mol. The third kappa shape index (κ3) is 15.5. The molecule has 0 aliphatic heterocycles. The van der Waals surface area contributed by atoms with Crippen LogP contribution in [-0.2, 0) is 22.1 Å². The van der Waals surface area contributed by atoms with E-state index in [2.05, 4.69) is 31.8 Å². The molecule has 1 unspecified atom stereocenters. The van der Waals surface area contributed by atoms with Gasteiger partial charge < -0.3 is 11.6 Å². The summed E-state index contributed by atoms with van der Waals surface area (Å²) in [4.78, 5) is 7.50. The first kappa shape index (κ1) is 18.8. The van der Waals surface area contributed by atoms with E-state index >= 15 is 0 Å². The zero-order valence-corrected chi connectivity index (χ0v) is 12.5. The van der Waals surface area contributed by atoms with Gasteiger partial charge in [0.15, 0.2) is 0 Å². The van der Waals surface area contributed by atoms with Crippen LogP contribution in [0.2, 0.25) is 0 Å². The minimum Gasteiger partial charge on any atom is -0.184 e. The van der Waals surface area contributed by atoms with Gasteiger partial charge in [-0.1, -0.05) is 30.3 Å². The quantitative estimate of drug-likeness (QED) is 0.404. The second-order valence-corrected chi connectivity index (χ2v) is 3.15. The van der Waals surface area contributed by atoms with E-state index in [1.807, 2.05) is 78.0 Å². The van der Waals surface area contributed by atoms with E-state index in [4.69, 9.17) is 4.79 Å². The summed E-state index contributed by atoms with van der Waals surface area (Å²) in [7, 11) is 7.16. The molecule has 2 rings (SSSR count). The molecule has 0 N–H and O–H groups in total. The van der Waals surface area contributed by atoms with Crippen LogP contribution in [0, 0.1) is 6.07 Å². The second-order valence-electron chi connectivity index (χ2n) is 2.49. The van der Waals surface area contributed by atoms with E-state index in [1.54, 1.807) is 0 Å². The molecule has 0 aliphatic carbocycles. The molecule has 1 nitrogen and oxygen atoms in total. The van der Waals surface area contributed by atoms with Gasteiger partial charge in [-0.15, -0.1) is 9.24 Å². The van der Waals surface area contributed by atoms with Gasteiger partial charge in [-0.25, -0.2) is 0 Å². The third-order valence-corrected chi connectivity index (χ3v) is 1.79. The summed E-state index contributed by atoms with van der Waals surface area (Å²) in [5, 5.41) is 1.24. The Morgan fingerprint density at radius 1 is 0.941 bits per heavy atom. The van der Waals surface area contributed by atoms with Crippen molar-refractivity contribution in [3.8, 4) is 0 Å². The van der Waals surface area contributed by atoms with Crippen LogP contribution in [0.4, 0.5) is 0 Å². The van der Waals surface area contributed by atoms with E-state index in [0.717, 1.165) is 0 Å². The molecule has 2 aromatic carbocycles. The van der Waals surface area contributed by atoms with Crippen LogP contribution >= 0.6 is 18.9 Å². The van der Waals surface area contributed by atoms with Gasteiger partial charge in [-0.05, 0) is 5.30 Å². The van der Waals surface area contributed by atoms with Crippen molar-refractivity contribution in [1.29, 1.82) is 0 Å². The molecule has 0 bridgehead atoms. The molecule has 0 fully saturated rings. The minimum atomic E-state index is 1.24. The van der Waals surface area contributed by atoms with E-state index in [-0.39, 0.29) is 0 Å². The Labute approximate surface area is 120 Å². The molecule has 0 amide bonds.